The summed E-state index contributed by atoms with van der Waals surface area (Å²) in [7, 11) is -3.36. The number of hydrogen-bond acceptors (Lipinski definition) is 4. The van der Waals surface area contributed by atoms with Gasteiger partial charge >= 0.3 is 0 Å². The molecule has 2 atom stereocenters. The standard InChI is InChI=1S/C13H23N3O2S/c1-10(2)15-9-11(3)19(17,18)16-12(4)13-7-5-6-8-14-13/h5-8,10-12,15-16H,9H2,1-4H3. The number of pyridine rings is 1. The highest BCUT2D eigenvalue weighted by Crippen LogP contribution is 2.11. The molecular formula is C13H23N3O2S. The van der Waals surface area contributed by atoms with E-state index in [2.05, 4.69) is 15.0 Å². The van der Waals surface area contributed by atoms with Crippen molar-refractivity contribution in [1.82, 2.24) is 15.0 Å². The van der Waals surface area contributed by atoms with E-state index in [9.17, 15) is 8.42 Å². The molecule has 1 heterocycles. The molecule has 0 bridgehead atoms. The highest BCUT2D eigenvalue weighted by atomic mass is 32.2. The van der Waals surface area contributed by atoms with Gasteiger partial charge in [-0.2, -0.15) is 0 Å². The van der Waals surface area contributed by atoms with Gasteiger partial charge in [0.15, 0.2) is 0 Å². The van der Waals surface area contributed by atoms with Crippen molar-refractivity contribution in [2.75, 3.05) is 6.54 Å². The van der Waals surface area contributed by atoms with E-state index >= 15 is 0 Å². The molecule has 1 aromatic rings. The van der Waals surface area contributed by atoms with Crippen LogP contribution in [0.5, 0.6) is 0 Å². The van der Waals surface area contributed by atoms with Gasteiger partial charge < -0.3 is 5.32 Å². The van der Waals surface area contributed by atoms with E-state index in [1.165, 1.54) is 0 Å². The normalized spacial score (nSPS) is 15.4. The molecule has 0 spiro atoms. The second-order valence-electron chi connectivity index (χ2n) is 5.01. The van der Waals surface area contributed by atoms with Gasteiger partial charge in [-0.25, -0.2) is 13.1 Å². The molecule has 0 radical (unpaired) electrons. The average Bonchev–Trinajstić information content (AvgIpc) is 2.36. The lowest BCUT2D eigenvalue weighted by Crippen LogP contribution is -2.41. The first-order chi connectivity index (χ1) is 8.83. The Labute approximate surface area is 115 Å². The zero-order valence-electron chi connectivity index (χ0n) is 11.9. The second kappa shape index (κ2) is 6.98. The first-order valence-electron chi connectivity index (χ1n) is 6.48. The molecule has 2 unspecified atom stereocenters. The minimum absolute atomic E-state index is 0.269. The van der Waals surface area contributed by atoms with Crippen LogP contribution in [0.2, 0.25) is 0 Å². The van der Waals surface area contributed by atoms with Crippen molar-refractivity contribution in [3.63, 3.8) is 0 Å². The number of aromatic nitrogens is 1. The highest BCUT2D eigenvalue weighted by molar-refractivity contribution is 7.90. The maximum Gasteiger partial charge on any atom is 0.216 e. The molecular weight excluding hydrogens is 262 g/mol. The summed E-state index contributed by atoms with van der Waals surface area (Å²) in [4.78, 5) is 4.15. The van der Waals surface area contributed by atoms with Gasteiger partial charge in [0, 0.05) is 18.8 Å². The zero-order chi connectivity index (χ0) is 14.5. The third kappa shape index (κ3) is 5.26. The largest absolute Gasteiger partial charge is 0.313 e. The summed E-state index contributed by atoms with van der Waals surface area (Å²) in [6.07, 6.45) is 1.66. The lowest BCUT2D eigenvalue weighted by atomic mass is 10.2. The highest BCUT2D eigenvalue weighted by Gasteiger charge is 2.23. The monoisotopic (exact) mass is 285 g/mol. The van der Waals surface area contributed by atoms with Crippen LogP contribution in [0.25, 0.3) is 0 Å². The van der Waals surface area contributed by atoms with Crippen LogP contribution in [-0.4, -0.2) is 31.2 Å². The zero-order valence-corrected chi connectivity index (χ0v) is 12.7. The van der Waals surface area contributed by atoms with Gasteiger partial charge in [-0.15, -0.1) is 0 Å². The maximum absolute atomic E-state index is 12.1. The number of sulfonamides is 1. The van der Waals surface area contributed by atoms with E-state index in [4.69, 9.17) is 0 Å². The fraction of sp³-hybridized carbons (Fsp3) is 0.615. The molecule has 0 aromatic carbocycles. The van der Waals surface area contributed by atoms with Crippen LogP contribution in [0.4, 0.5) is 0 Å². The smallest absolute Gasteiger partial charge is 0.216 e. The van der Waals surface area contributed by atoms with E-state index in [1.54, 1.807) is 26.1 Å². The predicted molar refractivity (Wildman–Crippen MR) is 77.3 cm³/mol. The molecule has 0 saturated carbocycles. The van der Waals surface area contributed by atoms with Crippen LogP contribution in [0.15, 0.2) is 24.4 Å². The molecule has 1 rings (SSSR count). The summed E-state index contributed by atoms with van der Waals surface area (Å²) in [5.74, 6) is 0. The van der Waals surface area contributed by atoms with Crippen molar-refractivity contribution in [3.8, 4) is 0 Å². The molecule has 2 N–H and O–H groups in total. The lowest BCUT2D eigenvalue weighted by molar-refractivity contribution is 0.530. The molecule has 0 aliphatic carbocycles. The Bertz CT molecular complexity index is 474. The summed E-state index contributed by atoms with van der Waals surface area (Å²) in [6, 6.07) is 5.40. The molecule has 0 fully saturated rings. The molecule has 6 heteroatoms. The van der Waals surface area contributed by atoms with Crippen molar-refractivity contribution in [3.05, 3.63) is 30.1 Å². The summed E-state index contributed by atoms with van der Waals surface area (Å²) < 4.78 is 27.0. The van der Waals surface area contributed by atoms with E-state index in [0.29, 0.717) is 6.54 Å². The van der Waals surface area contributed by atoms with Gasteiger partial charge in [0.1, 0.15) is 0 Å². The number of rotatable bonds is 7. The molecule has 19 heavy (non-hydrogen) atoms. The van der Waals surface area contributed by atoms with Crippen molar-refractivity contribution in [2.45, 2.75) is 45.0 Å². The maximum atomic E-state index is 12.1. The Balaban J connectivity index is 2.64. The van der Waals surface area contributed by atoms with E-state index < -0.39 is 15.3 Å². The minimum Gasteiger partial charge on any atom is -0.313 e. The molecule has 0 aliphatic rings. The Morgan fingerprint density at radius 3 is 2.42 bits per heavy atom. The van der Waals surface area contributed by atoms with Crippen LogP contribution in [0, 0.1) is 0 Å². The number of nitrogens with one attached hydrogen (secondary N) is 2. The first kappa shape index (κ1) is 16.1. The van der Waals surface area contributed by atoms with Crippen molar-refractivity contribution in [2.24, 2.45) is 0 Å². The summed E-state index contributed by atoms with van der Waals surface area (Å²) in [5.41, 5.74) is 0.718. The van der Waals surface area contributed by atoms with Crippen LogP contribution in [0.3, 0.4) is 0 Å². The summed E-state index contributed by atoms with van der Waals surface area (Å²) in [6.45, 7) is 7.90. The third-order valence-corrected chi connectivity index (χ3v) is 4.72. The summed E-state index contributed by atoms with van der Waals surface area (Å²) in [5, 5.41) is 2.64. The lowest BCUT2D eigenvalue weighted by Gasteiger charge is -2.19. The quantitative estimate of drug-likeness (QED) is 0.795. The molecule has 108 valence electrons. The Morgan fingerprint density at radius 1 is 1.21 bits per heavy atom. The molecule has 0 saturated heterocycles. The SMILES string of the molecule is CC(C)NCC(C)S(=O)(=O)NC(C)c1ccccn1. The fourth-order valence-corrected chi connectivity index (χ4v) is 2.73. The van der Waals surface area contributed by atoms with Crippen LogP contribution in [-0.2, 0) is 10.0 Å². The van der Waals surface area contributed by atoms with Gasteiger partial charge in [-0.05, 0) is 26.0 Å². The number of hydrogen-bond donors (Lipinski definition) is 2. The van der Waals surface area contributed by atoms with E-state index in [-0.39, 0.29) is 12.1 Å². The van der Waals surface area contributed by atoms with Gasteiger partial charge in [0.2, 0.25) is 10.0 Å². The Morgan fingerprint density at radius 2 is 1.89 bits per heavy atom. The molecule has 5 nitrogen and oxygen atoms in total. The van der Waals surface area contributed by atoms with Gasteiger partial charge in [-0.3, -0.25) is 4.98 Å². The third-order valence-electron chi connectivity index (χ3n) is 2.82. The summed E-state index contributed by atoms with van der Waals surface area (Å²) >= 11 is 0. The molecule has 0 aliphatic heterocycles. The van der Waals surface area contributed by atoms with E-state index in [0.717, 1.165) is 5.69 Å². The minimum atomic E-state index is -3.36. The molecule has 0 amide bonds. The number of nitrogens with zero attached hydrogens (tertiary/aromatic N) is 1. The average molecular weight is 285 g/mol. The van der Waals surface area contributed by atoms with Gasteiger partial charge in [-0.1, -0.05) is 19.9 Å². The van der Waals surface area contributed by atoms with E-state index in [1.807, 2.05) is 26.0 Å². The van der Waals surface area contributed by atoms with Crippen molar-refractivity contribution < 1.29 is 8.42 Å². The topological polar surface area (TPSA) is 71.1 Å². The van der Waals surface area contributed by atoms with Crippen molar-refractivity contribution >= 4 is 10.0 Å². The van der Waals surface area contributed by atoms with Crippen molar-refractivity contribution in [1.29, 1.82) is 0 Å². The first-order valence-corrected chi connectivity index (χ1v) is 8.03. The van der Waals surface area contributed by atoms with Crippen LogP contribution >= 0.6 is 0 Å². The van der Waals surface area contributed by atoms with Crippen LogP contribution < -0.4 is 10.0 Å². The Hall–Kier alpha value is -0.980. The fourth-order valence-electron chi connectivity index (χ4n) is 1.57. The molecule has 1 aromatic heterocycles. The predicted octanol–water partition coefficient (Wildman–Crippen LogP) is 1.45. The van der Waals surface area contributed by atoms with Crippen LogP contribution in [0.1, 0.15) is 39.4 Å². The van der Waals surface area contributed by atoms with Gasteiger partial charge in [0.25, 0.3) is 0 Å². The van der Waals surface area contributed by atoms with Gasteiger partial charge in [0.05, 0.1) is 17.0 Å². The second-order valence-corrected chi connectivity index (χ2v) is 7.14. The Kier molecular flexibility index (Phi) is 5.90.